The lowest BCUT2D eigenvalue weighted by molar-refractivity contribution is 0.789. The molecule has 0 aromatic carbocycles. The number of nitrogens with zero attached hydrogens (tertiary/aromatic N) is 3. The molecule has 124 valence electrons. The molecule has 3 aromatic rings. The maximum Gasteiger partial charge on any atom is 0.334 e. The van der Waals surface area contributed by atoms with Crippen molar-refractivity contribution < 1.29 is 0 Å². The van der Waals surface area contributed by atoms with Gasteiger partial charge in [0.25, 0.3) is 5.56 Å². The van der Waals surface area contributed by atoms with Crippen LogP contribution >= 0.6 is 23.2 Å². The number of H-pyrrole nitrogens is 1. The van der Waals surface area contributed by atoms with Gasteiger partial charge in [-0.2, -0.15) is 0 Å². The van der Waals surface area contributed by atoms with Gasteiger partial charge in [0.05, 0.1) is 16.4 Å². The molecule has 6 nitrogen and oxygen atoms in total. The first-order chi connectivity index (χ1) is 11.3. The molecule has 8 heteroatoms. The van der Waals surface area contributed by atoms with E-state index in [0.717, 1.165) is 5.56 Å². The third kappa shape index (κ3) is 2.61. The second-order valence-electron chi connectivity index (χ2n) is 5.74. The second kappa shape index (κ2) is 6.03. The number of nitrogens with one attached hydrogen (secondary N) is 1. The van der Waals surface area contributed by atoms with Crippen LogP contribution < -0.4 is 11.2 Å². The summed E-state index contributed by atoms with van der Waals surface area (Å²) in [7, 11) is 0. The van der Waals surface area contributed by atoms with Crippen molar-refractivity contribution in [2.45, 2.75) is 26.7 Å². The number of pyridine rings is 2. The van der Waals surface area contributed by atoms with E-state index in [2.05, 4.69) is 15.0 Å². The van der Waals surface area contributed by atoms with E-state index in [1.165, 1.54) is 10.6 Å². The van der Waals surface area contributed by atoms with Gasteiger partial charge in [0.15, 0.2) is 5.65 Å². The fourth-order valence-electron chi connectivity index (χ4n) is 2.65. The van der Waals surface area contributed by atoms with Crippen molar-refractivity contribution in [3.8, 4) is 5.69 Å². The molecule has 0 atom stereocenters. The highest BCUT2D eigenvalue weighted by Crippen LogP contribution is 2.27. The Morgan fingerprint density at radius 2 is 1.96 bits per heavy atom. The smallest absolute Gasteiger partial charge is 0.273 e. The highest BCUT2D eigenvalue weighted by molar-refractivity contribution is 6.37. The van der Waals surface area contributed by atoms with Crippen LogP contribution in [0.4, 0.5) is 0 Å². The van der Waals surface area contributed by atoms with Gasteiger partial charge in [0, 0.05) is 6.20 Å². The Morgan fingerprint density at radius 1 is 1.25 bits per heavy atom. The van der Waals surface area contributed by atoms with Crippen LogP contribution in [0.5, 0.6) is 0 Å². The van der Waals surface area contributed by atoms with Crippen molar-refractivity contribution in [1.82, 2.24) is 19.5 Å². The van der Waals surface area contributed by atoms with E-state index in [1.807, 2.05) is 20.8 Å². The summed E-state index contributed by atoms with van der Waals surface area (Å²) in [4.78, 5) is 35.6. The fraction of sp³-hybridized carbons (Fsp3) is 0.250. The molecule has 0 unspecified atom stereocenters. The molecule has 24 heavy (non-hydrogen) atoms. The highest BCUT2D eigenvalue weighted by Gasteiger charge is 2.20. The zero-order valence-electron chi connectivity index (χ0n) is 13.2. The molecule has 1 N–H and O–H groups in total. The van der Waals surface area contributed by atoms with Gasteiger partial charge in [0.2, 0.25) is 0 Å². The molecule has 0 fully saturated rings. The van der Waals surface area contributed by atoms with Crippen molar-refractivity contribution in [3.05, 3.63) is 60.6 Å². The molecule has 0 aliphatic rings. The van der Waals surface area contributed by atoms with Gasteiger partial charge in [0.1, 0.15) is 10.5 Å². The van der Waals surface area contributed by atoms with E-state index in [0.29, 0.717) is 11.4 Å². The van der Waals surface area contributed by atoms with Crippen LogP contribution in [0.2, 0.25) is 10.2 Å². The Morgan fingerprint density at radius 3 is 2.62 bits per heavy atom. The molecule has 0 aliphatic carbocycles. The monoisotopic (exact) mass is 364 g/mol. The number of aromatic amines is 1. The van der Waals surface area contributed by atoms with Crippen LogP contribution in [0.15, 0.2) is 27.9 Å². The summed E-state index contributed by atoms with van der Waals surface area (Å²) >= 11 is 12.1. The van der Waals surface area contributed by atoms with Gasteiger partial charge < -0.3 is 0 Å². The van der Waals surface area contributed by atoms with Crippen LogP contribution in [0.1, 0.15) is 31.0 Å². The van der Waals surface area contributed by atoms with Gasteiger partial charge in [-0.3, -0.25) is 14.8 Å². The minimum atomic E-state index is -0.615. The van der Waals surface area contributed by atoms with Crippen molar-refractivity contribution in [2.75, 3.05) is 0 Å². The summed E-state index contributed by atoms with van der Waals surface area (Å²) in [5.74, 6) is 0.0587. The van der Waals surface area contributed by atoms with Gasteiger partial charge in [-0.1, -0.05) is 37.0 Å². The number of hydrogen-bond donors (Lipinski definition) is 1. The SMILES string of the molecule is Cc1ccnc(C(C)C)c1-n1c(=O)[nH]c(=O)c2c(Cl)cc(Cl)nc21. The maximum absolute atomic E-state index is 12.6. The second-order valence-corrected chi connectivity index (χ2v) is 6.53. The molecule has 0 radical (unpaired) electrons. The van der Waals surface area contributed by atoms with Crippen molar-refractivity contribution in [2.24, 2.45) is 0 Å². The lowest BCUT2D eigenvalue weighted by Crippen LogP contribution is -2.31. The van der Waals surface area contributed by atoms with Crippen LogP contribution in [-0.2, 0) is 0 Å². The van der Waals surface area contributed by atoms with Crippen LogP contribution in [0.25, 0.3) is 16.7 Å². The van der Waals surface area contributed by atoms with Crippen molar-refractivity contribution in [3.63, 3.8) is 0 Å². The Balaban J connectivity index is 2.59. The Kier molecular flexibility index (Phi) is 4.19. The summed E-state index contributed by atoms with van der Waals surface area (Å²) in [6.45, 7) is 5.80. The minimum Gasteiger partial charge on any atom is -0.273 e. The first-order valence-corrected chi connectivity index (χ1v) is 8.03. The Bertz CT molecular complexity index is 1070. The molecule has 3 heterocycles. The van der Waals surface area contributed by atoms with Crippen molar-refractivity contribution in [1.29, 1.82) is 0 Å². The number of aryl methyl sites for hydroxylation is 1. The van der Waals surface area contributed by atoms with Crippen LogP contribution in [-0.4, -0.2) is 19.5 Å². The van der Waals surface area contributed by atoms with Gasteiger partial charge in [-0.15, -0.1) is 0 Å². The molecule has 0 saturated heterocycles. The summed E-state index contributed by atoms with van der Waals surface area (Å²) < 4.78 is 1.31. The summed E-state index contributed by atoms with van der Waals surface area (Å²) in [5.41, 5.74) is 0.999. The number of fused-ring (bicyclic) bond motifs is 1. The average molecular weight is 365 g/mol. The van der Waals surface area contributed by atoms with Gasteiger partial charge in [-0.05, 0) is 30.5 Å². The van der Waals surface area contributed by atoms with Gasteiger partial charge >= 0.3 is 5.69 Å². The minimum absolute atomic E-state index is 0.0587. The molecule has 3 rings (SSSR count). The van der Waals surface area contributed by atoms with Crippen LogP contribution in [0, 0.1) is 6.92 Å². The number of hydrogen-bond acceptors (Lipinski definition) is 4. The lowest BCUT2D eigenvalue weighted by Gasteiger charge is -2.17. The standard InChI is InChI=1S/C16H14Cl2N4O2/c1-7(2)12-13(8(3)4-5-19-12)22-14-11(15(23)21-16(22)24)9(17)6-10(18)20-14/h4-7H,1-3H3,(H,21,23,24). The molecule has 0 amide bonds. The zero-order chi connectivity index (χ0) is 17.6. The molecule has 3 aromatic heterocycles. The summed E-state index contributed by atoms with van der Waals surface area (Å²) in [6.07, 6.45) is 1.68. The van der Waals surface area contributed by atoms with Crippen molar-refractivity contribution >= 4 is 34.2 Å². The van der Waals surface area contributed by atoms with E-state index >= 15 is 0 Å². The predicted molar refractivity (Wildman–Crippen MR) is 94.6 cm³/mol. The lowest BCUT2D eigenvalue weighted by atomic mass is 10.0. The largest absolute Gasteiger partial charge is 0.334 e. The number of rotatable bonds is 2. The van der Waals surface area contributed by atoms with E-state index in [4.69, 9.17) is 23.2 Å². The quantitative estimate of drug-likeness (QED) is 0.707. The first-order valence-electron chi connectivity index (χ1n) is 7.28. The molecule has 0 saturated carbocycles. The molecular formula is C16H14Cl2N4O2. The maximum atomic E-state index is 12.6. The normalized spacial score (nSPS) is 11.4. The fourth-order valence-corrected chi connectivity index (χ4v) is 3.17. The number of aromatic nitrogens is 4. The zero-order valence-corrected chi connectivity index (χ0v) is 14.7. The Labute approximate surface area is 147 Å². The van der Waals surface area contributed by atoms with E-state index < -0.39 is 11.2 Å². The third-order valence-electron chi connectivity index (χ3n) is 3.71. The number of halogens is 2. The van der Waals surface area contributed by atoms with E-state index in [1.54, 1.807) is 12.3 Å². The topological polar surface area (TPSA) is 80.6 Å². The molecular weight excluding hydrogens is 351 g/mol. The third-order valence-corrected chi connectivity index (χ3v) is 4.20. The molecule has 0 bridgehead atoms. The average Bonchev–Trinajstić information content (AvgIpc) is 2.47. The summed E-state index contributed by atoms with van der Waals surface area (Å²) in [5, 5.41) is 0.338. The first kappa shape index (κ1) is 16.7. The summed E-state index contributed by atoms with van der Waals surface area (Å²) in [6, 6.07) is 3.16. The predicted octanol–water partition coefficient (Wildman–Crippen LogP) is 3.21. The highest BCUT2D eigenvalue weighted by atomic mass is 35.5. The van der Waals surface area contributed by atoms with Gasteiger partial charge in [-0.25, -0.2) is 14.3 Å². The van der Waals surface area contributed by atoms with E-state index in [-0.39, 0.29) is 27.1 Å². The molecule has 0 aliphatic heterocycles. The molecule has 0 spiro atoms. The Hall–Kier alpha value is -2.18. The van der Waals surface area contributed by atoms with E-state index in [9.17, 15) is 9.59 Å². The van der Waals surface area contributed by atoms with Crippen LogP contribution in [0.3, 0.4) is 0 Å².